The van der Waals surface area contributed by atoms with Crippen LogP contribution in [0.4, 0.5) is 21.9 Å². The smallest absolute Gasteiger partial charge is 0.351 e. The highest BCUT2D eigenvalue weighted by molar-refractivity contribution is 7.86. The molecule has 0 heterocycles. The lowest BCUT2D eigenvalue weighted by Gasteiger charge is -2.09. The molecule has 2 amide bonds. The molecule has 0 aliphatic rings. The molecule has 0 aliphatic heterocycles. The number of hydrogen-bond donors (Lipinski definition) is 4. The molecule has 5 N–H and O–H groups in total. The molecule has 3 aromatic carbocycles. The van der Waals surface area contributed by atoms with Crippen molar-refractivity contribution in [3.63, 3.8) is 0 Å². The minimum Gasteiger partial charge on any atom is -0.351 e. The van der Waals surface area contributed by atoms with Crippen molar-refractivity contribution in [1.82, 2.24) is 0 Å². The Morgan fingerprint density at radius 2 is 1.46 bits per heavy atom. The number of urea groups is 1. The first kappa shape index (κ1) is 27.5. The highest BCUT2D eigenvalue weighted by Gasteiger charge is 2.21. The summed E-state index contributed by atoms with van der Waals surface area (Å²) in [5, 5.41) is 10.2. The molecule has 3 aromatic rings. The molecule has 0 aliphatic carbocycles. The number of carbonyl (C=O) groups excluding carboxylic acids is 1. The minimum atomic E-state index is -4.77. The summed E-state index contributed by atoms with van der Waals surface area (Å²) in [5.74, 6) is 0. The van der Waals surface area contributed by atoms with E-state index < -0.39 is 52.4 Å². The normalized spacial score (nSPS) is 11.6. The molecule has 14 nitrogen and oxygen atoms in total. The van der Waals surface area contributed by atoms with E-state index in [0.717, 1.165) is 23.8 Å². The highest BCUT2D eigenvalue weighted by Crippen LogP contribution is 2.35. The number of hydrogen-bond acceptors (Lipinski definition) is 10. The molecule has 0 aromatic heterocycles. The molecular formula is C18H16N4O10S3. The van der Waals surface area contributed by atoms with Gasteiger partial charge in [-0.05, 0) is 48.2 Å². The number of rotatable bonds is 5. The summed E-state index contributed by atoms with van der Waals surface area (Å²) < 4.78 is 91.5. The van der Waals surface area contributed by atoms with Gasteiger partial charge in [-0.3, -0.25) is 9.11 Å². The number of nitrogens with two attached hydrogens (primary N) is 1. The molecule has 0 radical (unpaired) electrons. The maximum atomic E-state index is 11.9. The predicted octanol–water partition coefficient (Wildman–Crippen LogP) is 2.54. The van der Waals surface area contributed by atoms with Crippen LogP contribution in [0.5, 0.6) is 0 Å². The standard InChI is InChI=1S/C18H16N4O7S2.O3S/c1-10-5-6-13(14(7-10)20-18(19)23)21-22-15-9-12-11(8-17(15)31(27,28)29)3-2-4-16(12)30(24,25)26;1-4(2)3/h2-9H,1H3,(H3,19,20,23)(H,24,25,26)(H,27,28,29);. The lowest BCUT2D eigenvalue weighted by Crippen LogP contribution is -2.19. The quantitative estimate of drug-likeness (QED) is 0.270. The van der Waals surface area contributed by atoms with Crippen LogP contribution >= 0.6 is 0 Å². The van der Waals surface area contributed by atoms with Crippen LogP contribution in [0.1, 0.15) is 5.56 Å². The van der Waals surface area contributed by atoms with Gasteiger partial charge in [-0.2, -0.15) is 16.8 Å². The number of fused-ring (bicyclic) bond motifs is 1. The number of benzene rings is 3. The first-order valence-corrected chi connectivity index (χ1v) is 12.8. The summed E-state index contributed by atoms with van der Waals surface area (Å²) in [7, 11) is -12.5. The molecule has 0 atom stereocenters. The van der Waals surface area contributed by atoms with Crippen molar-refractivity contribution < 1.29 is 43.4 Å². The molecule has 0 bridgehead atoms. The first-order valence-electron chi connectivity index (χ1n) is 8.97. The van der Waals surface area contributed by atoms with Crippen LogP contribution in [0.15, 0.2) is 68.6 Å². The van der Waals surface area contributed by atoms with Crippen molar-refractivity contribution in [2.45, 2.75) is 16.7 Å². The van der Waals surface area contributed by atoms with Crippen LogP contribution < -0.4 is 11.1 Å². The Kier molecular flexibility index (Phi) is 8.37. The van der Waals surface area contributed by atoms with Gasteiger partial charge in [-0.15, -0.1) is 22.9 Å². The van der Waals surface area contributed by atoms with Crippen LogP contribution in [0.3, 0.4) is 0 Å². The van der Waals surface area contributed by atoms with E-state index >= 15 is 0 Å². The summed E-state index contributed by atoms with van der Waals surface area (Å²) in [6, 6.07) is 9.72. The van der Waals surface area contributed by atoms with Gasteiger partial charge in [-0.1, -0.05) is 18.2 Å². The third-order valence-electron chi connectivity index (χ3n) is 4.15. The molecule has 3 rings (SSSR count). The van der Waals surface area contributed by atoms with Gasteiger partial charge < -0.3 is 11.1 Å². The third-order valence-corrected chi connectivity index (χ3v) is 5.95. The van der Waals surface area contributed by atoms with E-state index in [0.29, 0.717) is 0 Å². The van der Waals surface area contributed by atoms with E-state index in [-0.39, 0.29) is 22.1 Å². The Morgan fingerprint density at radius 3 is 2.00 bits per heavy atom. The Balaban J connectivity index is 0.00000100. The lowest BCUT2D eigenvalue weighted by molar-refractivity contribution is 0.259. The second-order valence-electron chi connectivity index (χ2n) is 6.66. The maximum absolute atomic E-state index is 11.9. The van der Waals surface area contributed by atoms with Gasteiger partial charge in [0.05, 0.1) is 5.69 Å². The van der Waals surface area contributed by atoms with Gasteiger partial charge in [0, 0.05) is 5.39 Å². The summed E-state index contributed by atoms with van der Waals surface area (Å²) in [6.45, 7) is 1.75. The summed E-state index contributed by atoms with van der Waals surface area (Å²) in [5.41, 5.74) is 5.83. The average Bonchev–Trinajstić information content (AvgIpc) is 2.70. The first-order chi connectivity index (χ1) is 16.1. The highest BCUT2D eigenvalue weighted by atomic mass is 32.2. The van der Waals surface area contributed by atoms with Crippen LogP contribution in [-0.2, 0) is 30.8 Å². The molecule has 0 saturated carbocycles. The minimum absolute atomic E-state index is 0.0364. The van der Waals surface area contributed by atoms with E-state index in [9.17, 15) is 30.7 Å². The predicted molar refractivity (Wildman–Crippen MR) is 122 cm³/mol. The fraction of sp³-hybridized carbons (Fsp3) is 0.0556. The maximum Gasteiger partial charge on any atom is 0.425 e. The van der Waals surface area contributed by atoms with Crippen LogP contribution in [0, 0.1) is 6.92 Å². The lowest BCUT2D eigenvalue weighted by atomic mass is 10.1. The fourth-order valence-electron chi connectivity index (χ4n) is 2.85. The Bertz CT molecular complexity index is 1660. The number of aryl methyl sites for hydroxylation is 1. The van der Waals surface area contributed by atoms with E-state index in [1.54, 1.807) is 19.1 Å². The number of primary amides is 1. The monoisotopic (exact) mass is 544 g/mol. The van der Waals surface area contributed by atoms with E-state index in [1.165, 1.54) is 18.2 Å². The number of anilines is 1. The second kappa shape index (κ2) is 10.7. The van der Waals surface area contributed by atoms with Crippen molar-refractivity contribution >= 4 is 64.7 Å². The average molecular weight is 545 g/mol. The van der Waals surface area contributed by atoms with Gasteiger partial charge in [0.1, 0.15) is 21.2 Å². The SMILES string of the molecule is Cc1ccc(N=Nc2cc3c(S(=O)(=O)O)cccc3cc2S(=O)(=O)O)c(NC(N)=O)c1.O=S(=O)=O. The molecule has 0 unspecified atom stereocenters. The molecule has 17 heteroatoms. The summed E-state index contributed by atoms with van der Waals surface area (Å²) in [6.07, 6.45) is 0. The van der Waals surface area contributed by atoms with Crippen molar-refractivity contribution in [2.75, 3.05) is 5.32 Å². The zero-order chi connectivity index (χ0) is 26.6. The third kappa shape index (κ3) is 7.62. The van der Waals surface area contributed by atoms with Crippen molar-refractivity contribution in [2.24, 2.45) is 16.0 Å². The fourth-order valence-corrected chi connectivity index (χ4v) is 4.20. The van der Waals surface area contributed by atoms with E-state index in [2.05, 4.69) is 15.5 Å². The van der Waals surface area contributed by atoms with Gasteiger partial charge in [0.2, 0.25) is 0 Å². The van der Waals surface area contributed by atoms with E-state index in [1.807, 2.05) is 0 Å². The van der Waals surface area contributed by atoms with Crippen LogP contribution in [-0.4, -0.2) is 44.6 Å². The van der Waals surface area contributed by atoms with Gasteiger partial charge >= 0.3 is 16.6 Å². The Morgan fingerprint density at radius 1 is 0.886 bits per heavy atom. The molecule has 0 saturated heterocycles. The number of amides is 2. The van der Waals surface area contributed by atoms with Crippen molar-refractivity contribution in [3.05, 3.63) is 54.1 Å². The molecule has 35 heavy (non-hydrogen) atoms. The zero-order valence-electron chi connectivity index (χ0n) is 17.5. The van der Waals surface area contributed by atoms with Gasteiger partial charge in [0.15, 0.2) is 0 Å². The van der Waals surface area contributed by atoms with Crippen LogP contribution in [0.2, 0.25) is 0 Å². The number of nitrogens with one attached hydrogen (secondary N) is 1. The van der Waals surface area contributed by atoms with E-state index in [4.69, 9.17) is 18.4 Å². The molecule has 0 fully saturated rings. The van der Waals surface area contributed by atoms with Crippen molar-refractivity contribution in [3.8, 4) is 0 Å². The van der Waals surface area contributed by atoms with Crippen molar-refractivity contribution in [1.29, 1.82) is 0 Å². The Hall–Kier alpha value is -3.77. The summed E-state index contributed by atoms with van der Waals surface area (Å²) in [4.78, 5) is 10.1. The number of nitrogens with zero attached hydrogens (tertiary/aromatic N) is 2. The largest absolute Gasteiger partial charge is 0.425 e. The number of carbonyl (C=O) groups is 1. The molecule has 186 valence electrons. The summed E-state index contributed by atoms with van der Waals surface area (Å²) >= 11 is 0. The Labute approximate surface area is 200 Å². The van der Waals surface area contributed by atoms with Crippen LogP contribution in [0.25, 0.3) is 10.8 Å². The molecular weight excluding hydrogens is 528 g/mol. The topological polar surface area (TPSA) is 240 Å². The number of azo groups is 1. The molecule has 0 spiro atoms. The second-order valence-corrected chi connectivity index (χ2v) is 9.85. The van der Waals surface area contributed by atoms with Gasteiger partial charge in [0.25, 0.3) is 20.2 Å². The van der Waals surface area contributed by atoms with Gasteiger partial charge in [-0.25, -0.2) is 4.79 Å². The zero-order valence-corrected chi connectivity index (χ0v) is 19.9.